The van der Waals surface area contributed by atoms with E-state index in [1.807, 2.05) is 0 Å². The van der Waals surface area contributed by atoms with Crippen molar-refractivity contribution in [2.24, 2.45) is 5.92 Å². The maximum absolute atomic E-state index is 2.40. The Morgan fingerprint density at radius 1 is 1.27 bits per heavy atom. The lowest BCUT2D eigenvalue weighted by atomic mass is 9.89. The van der Waals surface area contributed by atoms with Gasteiger partial charge in [-0.1, -0.05) is 49.1 Å². The highest BCUT2D eigenvalue weighted by atomic mass is 14.2. The van der Waals surface area contributed by atoms with Gasteiger partial charge in [-0.15, -0.1) is 0 Å². The van der Waals surface area contributed by atoms with Crippen LogP contribution in [0.15, 0.2) is 34.9 Å². The first kappa shape index (κ1) is 10.7. The van der Waals surface area contributed by atoms with Crippen LogP contribution < -0.4 is 0 Å². The summed E-state index contributed by atoms with van der Waals surface area (Å²) in [6, 6.07) is 0. The van der Waals surface area contributed by atoms with Crippen LogP contribution in [0.2, 0.25) is 0 Å². The standard InChI is InChI=1S/C15H22/c1-3-13-8-10-15(11-9-13)12(2)14-6-4-5-7-14/h8-10,14H,3-7,11H2,1-2H3/b15-12-. The van der Waals surface area contributed by atoms with Crippen molar-refractivity contribution >= 4 is 0 Å². The lowest BCUT2D eigenvalue weighted by Crippen LogP contribution is -2.00. The monoisotopic (exact) mass is 202 g/mol. The van der Waals surface area contributed by atoms with Crippen molar-refractivity contribution < 1.29 is 0 Å². The van der Waals surface area contributed by atoms with Crippen LogP contribution in [0.5, 0.6) is 0 Å². The Kier molecular flexibility index (Phi) is 3.45. The molecule has 0 spiro atoms. The molecule has 0 saturated heterocycles. The first-order valence-corrected chi connectivity index (χ1v) is 6.38. The SMILES string of the molecule is CCC1=CC/C(=C(/C)C2CCCC2)C=C1. The molecule has 0 N–H and O–H groups in total. The van der Waals surface area contributed by atoms with E-state index in [4.69, 9.17) is 0 Å². The van der Waals surface area contributed by atoms with Gasteiger partial charge in [0.15, 0.2) is 0 Å². The summed E-state index contributed by atoms with van der Waals surface area (Å²) in [6.45, 7) is 4.58. The Balaban J connectivity index is 2.08. The minimum Gasteiger partial charge on any atom is -0.0769 e. The molecule has 1 saturated carbocycles. The summed E-state index contributed by atoms with van der Waals surface area (Å²) in [6.07, 6.45) is 15.1. The van der Waals surface area contributed by atoms with Crippen molar-refractivity contribution in [1.82, 2.24) is 0 Å². The van der Waals surface area contributed by atoms with Gasteiger partial charge in [0.25, 0.3) is 0 Å². The van der Waals surface area contributed by atoms with Crippen LogP contribution in [0.1, 0.15) is 52.4 Å². The summed E-state index contributed by atoms with van der Waals surface area (Å²) in [5, 5.41) is 0. The van der Waals surface area contributed by atoms with Gasteiger partial charge in [-0.25, -0.2) is 0 Å². The zero-order valence-corrected chi connectivity index (χ0v) is 10.1. The third-order valence-electron chi connectivity index (χ3n) is 3.97. The maximum Gasteiger partial charge on any atom is -0.00921 e. The highest BCUT2D eigenvalue weighted by molar-refractivity contribution is 5.38. The van der Waals surface area contributed by atoms with E-state index in [1.54, 1.807) is 11.1 Å². The second kappa shape index (κ2) is 4.83. The molecule has 0 heterocycles. The molecule has 0 nitrogen and oxygen atoms in total. The first-order valence-electron chi connectivity index (χ1n) is 6.38. The highest BCUT2D eigenvalue weighted by Gasteiger charge is 2.18. The lowest BCUT2D eigenvalue weighted by Gasteiger charge is -2.16. The van der Waals surface area contributed by atoms with Crippen molar-refractivity contribution in [3.05, 3.63) is 34.9 Å². The quantitative estimate of drug-likeness (QED) is 0.604. The van der Waals surface area contributed by atoms with Gasteiger partial charge in [-0.2, -0.15) is 0 Å². The largest absolute Gasteiger partial charge is 0.0769 e. The Bertz CT molecular complexity index is 309. The molecule has 82 valence electrons. The van der Waals surface area contributed by atoms with Gasteiger partial charge in [0, 0.05) is 0 Å². The van der Waals surface area contributed by atoms with Crippen molar-refractivity contribution in [1.29, 1.82) is 0 Å². The Morgan fingerprint density at radius 2 is 2.00 bits per heavy atom. The van der Waals surface area contributed by atoms with Crippen molar-refractivity contribution in [2.75, 3.05) is 0 Å². The van der Waals surface area contributed by atoms with Crippen LogP contribution >= 0.6 is 0 Å². The van der Waals surface area contributed by atoms with Gasteiger partial charge >= 0.3 is 0 Å². The van der Waals surface area contributed by atoms with E-state index in [9.17, 15) is 0 Å². The molecule has 2 rings (SSSR count). The molecule has 1 fully saturated rings. The van der Waals surface area contributed by atoms with Crippen molar-refractivity contribution in [3.8, 4) is 0 Å². The molecule has 0 aromatic rings. The molecule has 0 aliphatic heterocycles. The molecule has 2 aliphatic rings. The van der Waals surface area contributed by atoms with Crippen LogP contribution in [0.4, 0.5) is 0 Å². The maximum atomic E-state index is 2.40. The third-order valence-corrected chi connectivity index (χ3v) is 3.97. The second-order valence-electron chi connectivity index (χ2n) is 4.86. The Morgan fingerprint density at radius 3 is 2.53 bits per heavy atom. The first-order chi connectivity index (χ1) is 7.31. The highest BCUT2D eigenvalue weighted by Crippen LogP contribution is 2.34. The number of allylic oxidation sites excluding steroid dienone is 6. The van der Waals surface area contributed by atoms with Gasteiger partial charge in [0.2, 0.25) is 0 Å². The second-order valence-corrected chi connectivity index (χ2v) is 4.86. The molecule has 0 amide bonds. The zero-order valence-electron chi connectivity index (χ0n) is 10.1. The Hall–Kier alpha value is -0.780. The molecule has 0 atom stereocenters. The van der Waals surface area contributed by atoms with E-state index >= 15 is 0 Å². The summed E-state index contributed by atoms with van der Waals surface area (Å²) in [7, 11) is 0. The average molecular weight is 202 g/mol. The van der Waals surface area contributed by atoms with Gasteiger partial charge in [0.1, 0.15) is 0 Å². The smallest absolute Gasteiger partial charge is 0.00921 e. The summed E-state index contributed by atoms with van der Waals surface area (Å²) in [5.41, 5.74) is 4.74. The fraction of sp³-hybridized carbons (Fsp3) is 0.600. The van der Waals surface area contributed by atoms with Crippen LogP contribution in [-0.2, 0) is 0 Å². The third kappa shape index (κ3) is 2.42. The summed E-state index contributed by atoms with van der Waals surface area (Å²) >= 11 is 0. The molecular weight excluding hydrogens is 180 g/mol. The average Bonchev–Trinajstić information content (AvgIpc) is 2.82. The predicted octanol–water partition coefficient (Wildman–Crippen LogP) is 4.79. The molecule has 2 aliphatic carbocycles. The number of rotatable bonds is 2. The normalized spacial score (nSPS) is 25.6. The summed E-state index contributed by atoms with van der Waals surface area (Å²) in [4.78, 5) is 0. The fourth-order valence-electron chi connectivity index (χ4n) is 2.76. The number of hydrogen-bond acceptors (Lipinski definition) is 0. The van der Waals surface area contributed by atoms with Crippen molar-refractivity contribution in [2.45, 2.75) is 52.4 Å². The van der Waals surface area contributed by atoms with E-state index in [2.05, 4.69) is 32.1 Å². The topological polar surface area (TPSA) is 0 Å². The predicted molar refractivity (Wildman–Crippen MR) is 66.8 cm³/mol. The van der Waals surface area contributed by atoms with Crippen LogP contribution in [-0.4, -0.2) is 0 Å². The number of hydrogen-bond donors (Lipinski definition) is 0. The fourth-order valence-corrected chi connectivity index (χ4v) is 2.76. The van der Waals surface area contributed by atoms with Crippen molar-refractivity contribution in [3.63, 3.8) is 0 Å². The summed E-state index contributed by atoms with van der Waals surface area (Å²) < 4.78 is 0. The lowest BCUT2D eigenvalue weighted by molar-refractivity contribution is 0.635. The van der Waals surface area contributed by atoms with Crippen LogP contribution in [0.3, 0.4) is 0 Å². The Labute approximate surface area is 93.8 Å². The molecule has 0 bridgehead atoms. The van der Waals surface area contributed by atoms with Gasteiger partial charge in [0.05, 0.1) is 0 Å². The molecule has 0 unspecified atom stereocenters. The van der Waals surface area contributed by atoms with E-state index < -0.39 is 0 Å². The van der Waals surface area contributed by atoms with Crippen LogP contribution in [0.25, 0.3) is 0 Å². The molecule has 0 aromatic carbocycles. The van der Waals surface area contributed by atoms with E-state index in [0.717, 1.165) is 5.92 Å². The molecule has 0 radical (unpaired) electrons. The van der Waals surface area contributed by atoms with Gasteiger partial charge < -0.3 is 0 Å². The van der Waals surface area contributed by atoms with Crippen LogP contribution in [0, 0.1) is 5.92 Å². The minimum atomic E-state index is 0.890. The molecule has 0 heteroatoms. The van der Waals surface area contributed by atoms with E-state index in [1.165, 1.54) is 44.1 Å². The zero-order chi connectivity index (χ0) is 10.7. The van der Waals surface area contributed by atoms with E-state index in [-0.39, 0.29) is 0 Å². The van der Waals surface area contributed by atoms with E-state index in [0.29, 0.717) is 0 Å². The molecule has 15 heavy (non-hydrogen) atoms. The summed E-state index contributed by atoms with van der Waals surface area (Å²) in [5.74, 6) is 0.890. The van der Waals surface area contributed by atoms with Gasteiger partial charge in [-0.3, -0.25) is 0 Å². The minimum absolute atomic E-state index is 0.890. The molecule has 0 aromatic heterocycles. The molecular formula is C15H22. The van der Waals surface area contributed by atoms with Gasteiger partial charge in [-0.05, 0) is 44.1 Å².